The predicted molar refractivity (Wildman–Crippen MR) is 87.2 cm³/mol. The molecule has 0 aliphatic carbocycles. The van der Waals surface area contributed by atoms with Crippen LogP contribution in [0.4, 0.5) is 0 Å². The van der Waals surface area contributed by atoms with Crippen molar-refractivity contribution in [2.45, 2.75) is 19.5 Å². The van der Waals surface area contributed by atoms with Crippen LogP contribution in [0.5, 0.6) is 0 Å². The topological polar surface area (TPSA) is 41.3 Å². The molecule has 0 bridgehead atoms. The van der Waals surface area contributed by atoms with Crippen LogP contribution in [0, 0.1) is 0 Å². The minimum Gasteiger partial charge on any atom is -0.395 e. The number of benzene rings is 1. The first-order valence-corrected chi connectivity index (χ1v) is 7.24. The average Bonchev–Trinajstić information content (AvgIpc) is 2.86. The number of aliphatic hydroxyl groups is 1. The summed E-state index contributed by atoms with van der Waals surface area (Å²) in [5.74, 6) is 0.967. The van der Waals surface area contributed by atoms with Gasteiger partial charge in [-0.15, -0.1) is 13.2 Å². The summed E-state index contributed by atoms with van der Waals surface area (Å²) >= 11 is 0. The third kappa shape index (κ3) is 3.23. The van der Waals surface area contributed by atoms with Crippen LogP contribution in [0.2, 0.25) is 0 Å². The van der Waals surface area contributed by atoms with Crippen LogP contribution in [0.3, 0.4) is 0 Å². The van der Waals surface area contributed by atoms with Crippen molar-refractivity contribution in [3.05, 3.63) is 55.4 Å². The van der Waals surface area contributed by atoms with Gasteiger partial charge < -0.3 is 9.67 Å². The summed E-state index contributed by atoms with van der Waals surface area (Å²) in [5, 5.41) is 9.35. The monoisotopic (exact) mass is 285 g/mol. The summed E-state index contributed by atoms with van der Waals surface area (Å²) < 4.78 is 2.10. The van der Waals surface area contributed by atoms with Gasteiger partial charge in [-0.25, -0.2) is 4.98 Å². The Labute approximate surface area is 126 Å². The van der Waals surface area contributed by atoms with Crippen molar-refractivity contribution in [1.82, 2.24) is 14.5 Å². The molecule has 1 atom stereocenters. The predicted octanol–water partition coefficient (Wildman–Crippen LogP) is 2.76. The second-order valence-electron chi connectivity index (χ2n) is 5.04. The highest BCUT2D eigenvalue weighted by molar-refractivity contribution is 5.76. The quantitative estimate of drug-likeness (QED) is 0.758. The molecule has 0 aliphatic rings. The van der Waals surface area contributed by atoms with Crippen molar-refractivity contribution < 1.29 is 5.11 Å². The Balaban J connectivity index is 2.45. The summed E-state index contributed by atoms with van der Waals surface area (Å²) in [5.41, 5.74) is 2.02. The first-order valence-electron chi connectivity index (χ1n) is 7.24. The Kier molecular flexibility index (Phi) is 5.31. The van der Waals surface area contributed by atoms with E-state index in [2.05, 4.69) is 29.5 Å². The molecule has 2 rings (SSSR count). The van der Waals surface area contributed by atoms with Gasteiger partial charge in [0.25, 0.3) is 0 Å². The second-order valence-corrected chi connectivity index (χ2v) is 5.04. The number of rotatable bonds is 8. The highest BCUT2D eigenvalue weighted by Gasteiger charge is 2.20. The summed E-state index contributed by atoms with van der Waals surface area (Å²) in [6.45, 7) is 12.0. The normalized spacial score (nSPS) is 12.7. The number of imidazole rings is 1. The van der Waals surface area contributed by atoms with Gasteiger partial charge in [-0.1, -0.05) is 24.3 Å². The maximum absolute atomic E-state index is 9.35. The van der Waals surface area contributed by atoms with Crippen molar-refractivity contribution >= 4 is 11.0 Å². The minimum atomic E-state index is 0.100. The van der Waals surface area contributed by atoms with Crippen LogP contribution < -0.4 is 0 Å². The lowest BCUT2D eigenvalue weighted by atomic mass is 10.2. The molecule has 0 fully saturated rings. The molecule has 0 amide bonds. The smallest absolute Gasteiger partial charge is 0.127 e. The molecular weight excluding hydrogens is 262 g/mol. The van der Waals surface area contributed by atoms with Crippen LogP contribution in [0.1, 0.15) is 18.8 Å². The molecule has 0 saturated carbocycles. The number of fused-ring (bicyclic) bond motifs is 1. The molecule has 0 radical (unpaired) electrons. The van der Waals surface area contributed by atoms with Crippen LogP contribution in [-0.2, 0) is 6.54 Å². The van der Waals surface area contributed by atoms with E-state index in [1.165, 1.54) is 0 Å². The molecule has 112 valence electrons. The van der Waals surface area contributed by atoms with Crippen LogP contribution in [0.25, 0.3) is 11.0 Å². The molecule has 1 aromatic heterocycles. The van der Waals surface area contributed by atoms with Crippen molar-refractivity contribution in [2.24, 2.45) is 0 Å². The zero-order valence-electron chi connectivity index (χ0n) is 12.6. The van der Waals surface area contributed by atoms with E-state index in [4.69, 9.17) is 4.98 Å². The molecule has 0 spiro atoms. The third-order valence-corrected chi connectivity index (χ3v) is 3.66. The van der Waals surface area contributed by atoms with E-state index in [1.807, 2.05) is 36.4 Å². The standard InChI is InChI=1S/C17H23N3O/c1-4-10-19(11-5-2)14(3)17-18-15-8-6-7-9-16(15)20(17)12-13-21/h4-9,14,21H,1-2,10-13H2,3H3. The van der Waals surface area contributed by atoms with E-state index in [9.17, 15) is 5.11 Å². The summed E-state index contributed by atoms with van der Waals surface area (Å²) in [7, 11) is 0. The van der Waals surface area contributed by atoms with E-state index in [1.54, 1.807) is 0 Å². The SMILES string of the molecule is C=CCN(CC=C)C(C)c1nc2ccccc2n1CCO. The minimum absolute atomic E-state index is 0.100. The van der Waals surface area contributed by atoms with Crippen LogP contribution >= 0.6 is 0 Å². The van der Waals surface area contributed by atoms with E-state index < -0.39 is 0 Å². The maximum atomic E-state index is 9.35. The largest absolute Gasteiger partial charge is 0.395 e. The highest BCUT2D eigenvalue weighted by atomic mass is 16.3. The molecular formula is C17H23N3O. The van der Waals surface area contributed by atoms with Gasteiger partial charge in [0.05, 0.1) is 23.7 Å². The molecule has 0 aliphatic heterocycles. The fourth-order valence-electron chi connectivity index (χ4n) is 2.63. The van der Waals surface area contributed by atoms with E-state index in [0.29, 0.717) is 6.54 Å². The van der Waals surface area contributed by atoms with Gasteiger partial charge in [0.1, 0.15) is 5.82 Å². The van der Waals surface area contributed by atoms with Crippen molar-refractivity contribution in [3.8, 4) is 0 Å². The lowest BCUT2D eigenvalue weighted by Gasteiger charge is -2.26. The molecule has 1 heterocycles. The first kappa shape index (κ1) is 15.5. The van der Waals surface area contributed by atoms with Crippen LogP contribution in [0.15, 0.2) is 49.6 Å². The fraction of sp³-hybridized carbons (Fsp3) is 0.353. The van der Waals surface area contributed by atoms with E-state index in [0.717, 1.165) is 29.9 Å². The number of hydrogen-bond donors (Lipinski definition) is 1. The number of hydrogen-bond acceptors (Lipinski definition) is 3. The molecule has 21 heavy (non-hydrogen) atoms. The van der Waals surface area contributed by atoms with Gasteiger partial charge >= 0.3 is 0 Å². The Morgan fingerprint density at radius 2 is 1.95 bits per heavy atom. The summed E-state index contributed by atoms with van der Waals surface area (Å²) in [6, 6.07) is 8.15. The molecule has 1 unspecified atom stereocenters. The summed E-state index contributed by atoms with van der Waals surface area (Å²) in [4.78, 5) is 7.00. The molecule has 4 heteroatoms. The van der Waals surface area contributed by atoms with Crippen LogP contribution in [-0.4, -0.2) is 39.3 Å². The van der Waals surface area contributed by atoms with Gasteiger partial charge in [0.2, 0.25) is 0 Å². The van der Waals surface area contributed by atoms with E-state index >= 15 is 0 Å². The lowest BCUT2D eigenvalue weighted by molar-refractivity contribution is 0.235. The van der Waals surface area contributed by atoms with E-state index in [-0.39, 0.29) is 12.6 Å². The Bertz CT molecular complexity index is 608. The van der Waals surface area contributed by atoms with Gasteiger partial charge in [0, 0.05) is 19.6 Å². The van der Waals surface area contributed by atoms with Gasteiger partial charge in [-0.3, -0.25) is 4.90 Å². The van der Waals surface area contributed by atoms with Crippen molar-refractivity contribution in [3.63, 3.8) is 0 Å². The second kappa shape index (κ2) is 7.20. The lowest BCUT2D eigenvalue weighted by Crippen LogP contribution is -2.29. The number of aromatic nitrogens is 2. The van der Waals surface area contributed by atoms with Crippen molar-refractivity contribution in [2.75, 3.05) is 19.7 Å². The molecule has 2 aromatic rings. The third-order valence-electron chi connectivity index (χ3n) is 3.66. The zero-order valence-corrected chi connectivity index (χ0v) is 12.6. The Morgan fingerprint density at radius 3 is 2.57 bits per heavy atom. The fourth-order valence-corrected chi connectivity index (χ4v) is 2.63. The molecule has 4 nitrogen and oxygen atoms in total. The van der Waals surface area contributed by atoms with Crippen molar-refractivity contribution in [1.29, 1.82) is 0 Å². The maximum Gasteiger partial charge on any atom is 0.127 e. The first-order chi connectivity index (χ1) is 10.2. The number of nitrogens with zero attached hydrogens (tertiary/aromatic N) is 3. The van der Waals surface area contributed by atoms with Gasteiger partial charge in [-0.2, -0.15) is 0 Å². The number of para-hydroxylation sites is 2. The highest BCUT2D eigenvalue weighted by Crippen LogP contribution is 2.24. The average molecular weight is 285 g/mol. The molecule has 1 N–H and O–H groups in total. The molecule has 0 saturated heterocycles. The zero-order chi connectivity index (χ0) is 15.2. The Morgan fingerprint density at radius 1 is 1.29 bits per heavy atom. The van der Waals surface area contributed by atoms with Gasteiger partial charge in [0.15, 0.2) is 0 Å². The molecule has 1 aromatic carbocycles. The Hall–Kier alpha value is -1.91. The summed E-state index contributed by atoms with van der Waals surface area (Å²) in [6.07, 6.45) is 3.78. The number of aliphatic hydroxyl groups excluding tert-OH is 1. The van der Waals surface area contributed by atoms with Gasteiger partial charge in [-0.05, 0) is 19.1 Å².